The number of anilines is 1. The first-order valence-electron chi connectivity index (χ1n) is 8.77. The van der Waals surface area contributed by atoms with E-state index in [-0.39, 0.29) is 12.5 Å². The Hall–Kier alpha value is -2.67. The number of carbonyl (C=O) groups is 3. The summed E-state index contributed by atoms with van der Waals surface area (Å²) in [4.78, 5) is 39.1. The highest BCUT2D eigenvalue weighted by molar-refractivity contribution is 9.10. The summed E-state index contributed by atoms with van der Waals surface area (Å²) >= 11 is 3.34. The van der Waals surface area contributed by atoms with E-state index in [1.54, 1.807) is 18.2 Å². The molecule has 0 aromatic heterocycles. The van der Waals surface area contributed by atoms with Crippen LogP contribution in [0.4, 0.5) is 10.5 Å². The number of rotatable bonds is 3. The third-order valence-electron chi connectivity index (χ3n) is 5.06. The summed E-state index contributed by atoms with van der Waals surface area (Å²) in [5, 5.41) is 5.57. The molecule has 4 rings (SSSR count). The van der Waals surface area contributed by atoms with Crippen LogP contribution in [0.1, 0.15) is 24.0 Å². The van der Waals surface area contributed by atoms with Crippen molar-refractivity contribution in [1.29, 1.82) is 0 Å². The van der Waals surface area contributed by atoms with Crippen molar-refractivity contribution in [2.24, 2.45) is 0 Å². The number of hydrogen-bond donors (Lipinski definition) is 2. The summed E-state index contributed by atoms with van der Waals surface area (Å²) in [6, 6.07) is 14.3. The lowest BCUT2D eigenvalue weighted by atomic mass is 9.76. The van der Waals surface area contributed by atoms with Crippen molar-refractivity contribution in [3.05, 3.63) is 64.1 Å². The molecule has 1 saturated heterocycles. The summed E-state index contributed by atoms with van der Waals surface area (Å²) in [5.74, 6) is -0.776. The summed E-state index contributed by atoms with van der Waals surface area (Å²) in [6.45, 7) is -0.318. The third kappa shape index (κ3) is 3.12. The van der Waals surface area contributed by atoms with Crippen molar-refractivity contribution in [1.82, 2.24) is 10.2 Å². The molecule has 4 amide bonds. The molecule has 1 fully saturated rings. The Morgan fingerprint density at radius 1 is 1.19 bits per heavy atom. The first-order valence-corrected chi connectivity index (χ1v) is 9.57. The first-order chi connectivity index (χ1) is 13.0. The number of fused-ring (bicyclic) bond motifs is 2. The van der Waals surface area contributed by atoms with Crippen LogP contribution in [0.5, 0.6) is 0 Å². The molecule has 2 aromatic carbocycles. The summed E-state index contributed by atoms with van der Waals surface area (Å²) in [7, 11) is 0. The van der Waals surface area contributed by atoms with Gasteiger partial charge in [-0.1, -0.05) is 46.3 Å². The van der Waals surface area contributed by atoms with Crippen molar-refractivity contribution in [3.8, 4) is 0 Å². The number of urea groups is 1. The Morgan fingerprint density at radius 3 is 2.81 bits per heavy atom. The standard InChI is InChI=1S/C20H18BrN3O3/c21-14-7-3-8-15(11-14)22-17(25)12-24-18(26)20(23-19(24)27)10-4-6-13-5-1-2-9-16(13)20/h1-3,5,7-9,11H,4,6,10,12H2,(H,22,25)(H,23,27). The Morgan fingerprint density at radius 2 is 2.00 bits per heavy atom. The predicted molar refractivity (Wildman–Crippen MR) is 104 cm³/mol. The van der Waals surface area contributed by atoms with Crippen LogP contribution >= 0.6 is 15.9 Å². The third-order valence-corrected chi connectivity index (χ3v) is 5.55. The zero-order valence-corrected chi connectivity index (χ0v) is 16.1. The predicted octanol–water partition coefficient (Wildman–Crippen LogP) is 3.17. The van der Waals surface area contributed by atoms with E-state index in [0.29, 0.717) is 12.1 Å². The topological polar surface area (TPSA) is 78.5 Å². The van der Waals surface area contributed by atoms with Gasteiger partial charge < -0.3 is 10.6 Å². The number of amides is 4. The quantitative estimate of drug-likeness (QED) is 0.738. The molecule has 2 aromatic rings. The number of imide groups is 1. The van der Waals surface area contributed by atoms with Gasteiger partial charge in [-0.25, -0.2) is 4.79 Å². The lowest BCUT2D eigenvalue weighted by Crippen LogP contribution is -2.47. The van der Waals surface area contributed by atoms with Gasteiger partial charge in [-0.2, -0.15) is 0 Å². The van der Waals surface area contributed by atoms with Gasteiger partial charge in [-0.3, -0.25) is 14.5 Å². The fraction of sp³-hybridized carbons (Fsp3) is 0.250. The zero-order valence-electron chi connectivity index (χ0n) is 14.5. The number of nitrogens with zero attached hydrogens (tertiary/aromatic N) is 1. The molecule has 1 heterocycles. The molecule has 1 spiro atoms. The average Bonchev–Trinajstić information content (AvgIpc) is 2.87. The average molecular weight is 428 g/mol. The Balaban J connectivity index is 1.55. The van der Waals surface area contributed by atoms with Crippen molar-refractivity contribution in [2.45, 2.75) is 24.8 Å². The molecule has 27 heavy (non-hydrogen) atoms. The van der Waals surface area contributed by atoms with E-state index in [1.807, 2.05) is 30.3 Å². The molecule has 2 aliphatic rings. The van der Waals surface area contributed by atoms with Crippen molar-refractivity contribution in [3.63, 3.8) is 0 Å². The van der Waals surface area contributed by atoms with E-state index in [2.05, 4.69) is 26.6 Å². The summed E-state index contributed by atoms with van der Waals surface area (Å²) in [5.41, 5.74) is 1.45. The van der Waals surface area contributed by atoms with Crippen LogP contribution in [-0.2, 0) is 21.5 Å². The van der Waals surface area contributed by atoms with Gasteiger partial charge in [0.25, 0.3) is 5.91 Å². The Bertz CT molecular complexity index is 946. The van der Waals surface area contributed by atoms with E-state index in [9.17, 15) is 14.4 Å². The number of halogens is 1. The summed E-state index contributed by atoms with van der Waals surface area (Å²) in [6.07, 6.45) is 2.23. The highest BCUT2D eigenvalue weighted by Gasteiger charge is 2.54. The maximum absolute atomic E-state index is 13.2. The molecule has 1 unspecified atom stereocenters. The minimum atomic E-state index is -1.05. The molecule has 0 saturated carbocycles. The highest BCUT2D eigenvalue weighted by Crippen LogP contribution is 2.39. The summed E-state index contributed by atoms with van der Waals surface area (Å²) < 4.78 is 0.827. The molecule has 0 radical (unpaired) electrons. The van der Waals surface area contributed by atoms with Gasteiger partial charge in [0.15, 0.2) is 0 Å². The van der Waals surface area contributed by atoms with E-state index < -0.39 is 17.5 Å². The normalized spacial score (nSPS) is 21.1. The molecule has 7 heteroatoms. The van der Waals surface area contributed by atoms with Gasteiger partial charge in [-0.15, -0.1) is 0 Å². The van der Waals surface area contributed by atoms with Gasteiger partial charge in [-0.05, 0) is 48.6 Å². The van der Waals surface area contributed by atoms with Crippen LogP contribution < -0.4 is 10.6 Å². The van der Waals surface area contributed by atoms with Crippen molar-refractivity contribution < 1.29 is 14.4 Å². The van der Waals surface area contributed by atoms with E-state index in [1.165, 1.54) is 0 Å². The van der Waals surface area contributed by atoms with E-state index >= 15 is 0 Å². The van der Waals surface area contributed by atoms with Crippen LogP contribution in [0.2, 0.25) is 0 Å². The van der Waals surface area contributed by atoms with Crippen LogP contribution in [0, 0.1) is 0 Å². The van der Waals surface area contributed by atoms with Gasteiger partial charge in [0.1, 0.15) is 12.1 Å². The molecular weight excluding hydrogens is 410 g/mol. The van der Waals surface area contributed by atoms with Crippen molar-refractivity contribution >= 4 is 39.5 Å². The Kier molecular flexibility index (Phi) is 4.47. The SMILES string of the molecule is O=C(CN1C(=O)NC2(CCCc3ccccc32)C1=O)Nc1cccc(Br)c1. The van der Waals surface area contributed by atoms with Gasteiger partial charge in [0.05, 0.1) is 0 Å². The number of aryl methyl sites for hydroxylation is 1. The smallest absolute Gasteiger partial charge is 0.324 e. The largest absolute Gasteiger partial charge is 0.325 e. The van der Waals surface area contributed by atoms with Crippen LogP contribution in [-0.4, -0.2) is 29.3 Å². The number of benzene rings is 2. The Labute approximate surface area is 165 Å². The van der Waals surface area contributed by atoms with E-state index in [4.69, 9.17) is 0 Å². The monoisotopic (exact) mass is 427 g/mol. The molecule has 0 bridgehead atoms. The van der Waals surface area contributed by atoms with Gasteiger partial charge >= 0.3 is 6.03 Å². The number of carbonyl (C=O) groups excluding carboxylic acids is 3. The highest BCUT2D eigenvalue weighted by atomic mass is 79.9. The minimum absolute atomic E-state index is 0.318. The van der Waals surface area contributed by atoms with Crippen molar-refractivity contribution in [2.75, 3.05) is 11.9 Å². The molecule has 6 nitrogen and oxygen atoms in total. The molecular formula is C20H18BrN3O3. The fourth-order valence-electron chi connectivity index (χ4n) is 3.87. The van der Waals surface area contributed by atoms with Crippen LogP contribution in [0.15, 0.2) is 53.0 Å². The molecule has 2 N–H and O–H groups in total. The molecule has 1 aliphatic heterocycles. The maximum Gasteiger partial charge on any atom is 0.325 e. The minimum Gasteiger partial charge on any atom is -0.324 e. The lowest BCUT2D eigenvalue weighted by Gasteiger charge is -2.33. The van der Waals surface area contributed by atoms with Crippen LogP contribution in [0.25, 0.3) is 0 Å². The maximum atomic E-state index is 13.2. The fourth-order valence-corrected chi connectivity index (χ4v) is 4.26. The molecule has 1 aliphatic carbocycles. The second kappa shape index (κ2) is 6.81. The molecule has 138 valence electrons. The van der Waals surface area contributed by atoms with Gasteiger partial charge in [0, 0.05) is 10.2 Å². The van der Waals surface area contributed by atoms with Crippen LogP contribution in [0.3, 0.4) is 0 Å². The van der Waals surface area contributed by atoms with Gasteiger partial charge in [0.2, 0.25) is 5.91 Å². The lowest BCUT2D eigenvalue weighted by molar-refractivity contribution is -0.134. The number of hydrogen-bond acceptors (Lipinski definition) is 3. The second-order valence-corrected chi connectivity index (χ2v) is 7.71. The van der Waals surface area contributed by atoms with E-state index in [0.717, 1.165) is 33.3 Å². The first kappa shape index (κ1) is 17.7. The second-order valence-electron chi connectivity index (χ2n) is 6.80. The molecule has 1 atom stereocenters. The number of nitrogens with one attached hydrogen (secondary N) is 2. The zero-order chi connectivity index (χ0) is 19.0.